The van der Waals surface area contributed by atoms with Gasteiger partial charge < -0.3 is 14.9 Å². The Hall–Kier alpha value is -2.36. The van der Waals surface area contributed by atoms with Crippen LogP contribution in [-0.4, -0.2) is 82.9 Å². The van der Waals surface area contributed by atoms with E-state index in [-0.39, 0.29) is 6.29 Å². The zero-order valence-corrected chi connectivity index (χ0v) is 16.4. The molecule has 9 nitrogen and oxygen atoms in total. The van der Waals surface area contributed by atoms with Crippen molar-refractivity contribution in [2.24, 2.45) is 0 Å². The van der Waals surface area contributed by atoms with Gasteiger partial charge in [-0.15, -0.1) is 0 Å². The largest absolute Gasteiger partial charge is 0.480 e. The first-order valence-corrected chi connectivity index (χ1v) is 9.52. The van der Waals surface area contributed by atoms with E-state index in [4.69, 9.17) is 16.7 Å². The topological polar surface area (TPSA) is 96.4 Å². The van der Waals surface area contributed by atoms with E-state index >= 15 is 0 Å². The van der Waals surface area contributed by atoms with Crippen LogP contribution in [0.5, 0.6) is 0 Å². The van der Waals surface area contributed by atoms with Gasteiger partial charge in [0.2, 0.25) is 0 Å². The number of anilines is 1. The molecule has 3 aliphatic rings. The molecule has 28 heavy (non-hydrogen) atoms. The van der Waals surface area contributed by atoms with E-state index in [1.807, 2.05) is 30.0 Å². The van der Waals surface area contributed by atoms with Crippen molar-refractivity contribution in [3.63, 3.8) is 0 Å². The van der Waals surface area contributed by atoms with Gasteiger partial charge in [-0.3, -0.25) is 24.7 Å². The maximum atomic E-state index is 13.0. The molecule has 0 aliphatic carbocycles. The summed E-state index contributed by atoms with van der Waals surface area (Å²) in [7, 11) is 1.59. The van der Waals surface area contributed by atoms with E-state index in [1.165, 1.54) is 4.90 Å². The van der Waals surface area contributed by atoms with Crippen LogP contribution in [-0.2, 0) is 9.59 Å². The summed E-state index contributed by atoms with van der Waals surface area (Å²) in [6, 6.07) is 4.48. The second-order valence-electron chi connectivity index (χ2n) is 7.31. The number of carbonyl (C=O) groups excluding carboxylic acids is 2. The lowest BCUT2D eigenvalue weighted by Gasteiger charge is -2.44. The molecule has 3 saturated heterocycles. The summed E-state index contributed by atoms with van der Waals surface area (Å²) in [5.74, 6) is -1.69. The number of benzene rings is 1. The fraction of sp³-hybridized carbons (Fsp3) is 0.500. The van der Waals surface area contributed by atoms with Crippen molar-refractivity contribution < 1.29 is 19.5 Å². The monoisotopic (exact) mass is 407 g/mol. The van der Waals surface area contributed by atoms with Gasteiger partial charge in [0, 0.05) is 30.8 Å². The zero-order valence-electron chi connectivity index (χ0n) is 15.6. The SMILES string of the molecule is Cc1c(Cl)cccc1N1CCCN2C3C(=O)N(CC(=O)O)C(=O)N(C)C3NC12. The van der Waals surface area contributed by atoms with E-state index in [1.54, 1.807) is 7.05 Å². The van der Waals surface area contributed by atoms with Crippen molar-refractivity contribution in [1.82, 2.24) is 20.0 Å². The van der Waals surface area contributed by atoms with E-state index in [0.717, 1.165) is 29.1 Å². The number of halogens is 1. The van der Waals surface area contributed by atoms with Gasteiger partial charge in [0.05, 0.1) is 0 Å². The van der Waals surface area contributed by atoms with Crippen molar-refractivity contribution >= 4 is 35.2 Å². The molecule has 0 saturated carbocycles. The number of hydrogen-bond donors (Lipinski definition) is 2. The Bertz CT molecular complexity index is 849. The van der Waals surface area contributed by atoms with E-state index < -0.39 is 36.7 Å². The van der Waals surface area contributed by atoms with E-state index in [0.29, 0.717) is 11.6 Å². The molecule has 3 fully saturated rings. The molecule has 1 aromatic carbocycles. The van der Waals surface area contributed by atoms with Gasteiger partial charge in [0.15, 0.2) is 0 Å². The standard InChI is InChI=1S/C18H22ClN5O4/c1-10-11(19)5-3-6-12(10)22-7-4-8-23-14-15(20-17(22)23)21(2)18(28)24(16(14)27)9-13(25)26/h3,5-6,14-15,17,20H,4,7-9H2,1-2H3,(H,25,26). The molecule has 0 radical (unpaired) electrons. The number of urea groups is 1. The first-order chi connectivity index (χ1) is 13.3. The maximum absolute atomic E-state index is 13.0. The number of carboxylic acid groups (broad SMARTS) is 1. The summed E-state index contributed by atoms with van der Waals surface area (Å²) in [5.41, 5.74) is 1.92. The van der Waals surface area contributed by atoms with Crippen LogP contribution in [0.15, 0.2) is 18.2 Å². The van der Waals surface area contributed by atoms with Gasteiger partial charge in [0.25, 0.3) is 5.91 Å². The van der Waals surface area contributed by atoms with Crippen molar-refractivity contribution in [3.8, 4) is 0 Å². The van der Waals surface area contributed by atoms with Gasteiger partial charge >= 0.3 is 12.0 Å². The molecule has 3 amide bonds. The molecule has 0 bridgehead atoms. The number of fused-ring (bicyclic) bond motifs is 3. The third-order valence-electron chi connectivity index (χ3n) is 5.71. The van der Waals surface area contributed by atoms with Gasteiger partial charge in [-0.2, -0.15) is 0 Å². The molecule has 150 valence electrons. The first kappa shape index (κ1) is 19.0. The third-order valence-corrected chi connectivity index (χ3v) is 6.12. The molecule has 3 unspecified atom stereocenters. The fourth-order valence-corrected chi connectivity index (χ4v) is 4.52. The summed E-state index contributed by atoms with van der Waals surface area (Å²) in [6.07, 6.45) is 0.0251. The Morgan fingerprint density at radius 2 is 2.07 bits per heavy atom. The van der Waals surface area contributed by atoms with Gasteiger partial charge in [-0.25, -0.2) is 4.79 Å². The molecular formula is C18H22ClN5O4. The minimum atomic E-state index is -1.22. The van der Waals surface area contributed by atoms with Crippen LogP contribution in [0.25, 0.3) is 0 Å². The summed E-state index contributed by atoms with van der Waals surface area (Å²) >= 11 is 6.30. The van der Waals surface area contributed by atoms with E-state index in [9.17, 15) is 14.4 Å². The molecule has 2 N–H and O–H groups in total. The number of nitrogens with zero attached hydrogens (tertiary/aromatic N) is 4. The predicted molar refractivity (Wildman–Crippen MR) is 102 cm³/mol. The van der Waals surface area contributed by atoms with Gasteiger partial charge in [-0.1, -0.05) is 17.7 Å². The number of carboxylic acids is 1. The summed E-state index contributed by atoms with van der Waals surface area (Å²) in [4.78, 5) is 43.1. The molecule has 0 spiro atoms. The van der Waals surface area contributed by atoms with Crippen LogP contribution < -0.4 is 10.2 Å². The lowest BCUT2D eigenvalue weighted by Crippen LogP contribution is -2.66. The smallest absolute Gasteiger partial charge is 0.328 e. The Kier molecular flexibility index (Phi) is 4.68. The highest BCUT2D eigenvalue weighted by Crippen LogP contribution is 2.35. The highest BCUT2D eigenvalue weighted by molar-refractivity contribution is 6.31. The summed E-state index contributed by atoms with van der Waals surface area (Å²) < 4.78 is 0. The van der Waals surface area contributed by atoms with E-state index in [2.05, 4.69) is 10.2 Å². The maximum Gasteiger partial charge on any atom is 0.328 e. The Balaban J connectivity index is 1.68. The highest BCUT2D eigenvalue weighted by Gasteiger charge is 2.56. The van der Waals surface area contributed by atoms with Crippen LogP contribution in [0.4, 0.5) is 10.5 Å². The number of rotatable bonds is 3. The third kappa shape index (κ3) is 2.81. The predicted octanol–water partition coefficient (Wildman–Crippen LogP) is 0.721. The average molecular weight is 408 g/mol. The Morgan fingerprint density at radius 1 is 1.32 bits per heavy atom. The minimum absolute atomic E-state index is 0.287. The molecule has 0 aromatic heterocycles. The Morgan fingerprint density at radius 3 is 2.79 bits per heavy atom. The molecule has 3 atom stereocenters. The molecule has 10 heteroatoms. The van der Waals surface area contributed by atoms with Crippen molar-refractivity contribution in [2.45, 2.75) is 31.8 Å². The number of hydrogen-bond acceptors (Lipinski definition) is 6. The number of nitrogens with one attached hydrogen (secondary N) is 1. The van der Waals surface area contributed by atoms with Crippen LogP contribution in [0, 0.1) is 6.92 Å². The number of carbonyl (C=O) groups is 3. The number of likely N-dealkylation sites (N-methyl/N-ethyl adjacent to an activating group) is 1. The van der Waals surface area contributed by atoms with Crippen molar-refractivity contribution in [1.29, 1.82) is 0 Å². The molecular weight excluding hydrogens is 386 g/mol. The lowest BCUT2D eigenvalue weighted by molar-refractivity contribution is -0.147. The number of imide groups is 1. The Labute approximate surface area is 167 Å². The highest BCUT2D eigenvalue weighted by atomic mass is 35.5. The van der Waals surface area contributed by atoms with Crippen LogP contribution in [0.2, 0.25) is 5.02 Å². The number of aliphatic carboxylic acids is 1. The fourth-order valence-electron chi connectivity index (χ4n) is 4.35. The van der Waals surface area contributed by atoms with Crippen molar-refractivity contribution in [3.05, 3.63) is 28.8 Å². The van der Waals surface area contributed by atoms with Gasteiger partial charge in [-0.05, 0) is 31.0 Å². The summed E-state index contributed by atoms with van der Waals surface area (Å²) in [6.45, 7) is 2.76. The van der Waals surface area contributed by atoms with Crippen LogP contribution >= 0.6 is 11.6 Å². The van der Waals surface area contributed by atoms with Crippen LogP contribution in [0.3, 0.4) is 0 Å². The molecule has 1 aromatic rings. The second kappa shape index (κ2) is 6.91. The van der Waals surface area contributed by atoms with Gasteiger partial charge in [0.1, 0.15) is 25.0 Å². The normalized spacial score (nSPS) is 27.8. The van der Waals surface area contributed by atoms with Crippen LogP contribution in [0.1, 0.15) is 12.0 Å². The molecule has 3 heterocycles. The number of amides is 3. The minimum Gasteiger partial charge on any atom is -0.480 e. The second-order valence-corrected chi connectivity index (χ2v) is 7.72. The lowest BCUT2D eigenvalue weighted by atomic mass is 10.1. The molecule has 3 aliphatic heterocycles. The van der Waals surface area contributed by atoms with Crippen molar-refractivity contribution in [2.75, 3.05) is 31.6 Å². The first-order valence-electron chi connectivity index (χ1n) is 9.15. The quantitative estimate of drug-likeness (QED) is 0.762. The zero-order chi connectivity index (χ0) is 20.2. The molecule has 4 rings (SSSR count). The summed E-state index contributed by atoms with van der Waals surface area (Å²) in [5, 5.41) is 13.2. The average Bonchev–Trinajstić information content (AvgIpc) is 3.05.